The number of anilines is 1. The van der Waals surface area contributed by atoms with Crippen LogP contribution in [0.1, 0.15) is 15.9 Å². The molecule has 1 heterocycles. The molecule has 0 unspecified atom stereocenters. The molecule has 0 atom stereocenters. The van der Waals surface area contributed by atoms with Gasteiger partial charge in [-0.15, -0.1) is 0 Å². The summed E-state index contributed by atoms with van der Waals surface area (Å²) in [5.41, 5.74) is 2.15. The summed E-state index contributed by atoms with van der Waals surface area (Å²) in [6.07, 6.45) is 0.549. The molecular formula is C18H19N3O3. The first-order valence-electron chi connectivity index (χ1n) is 7.92. The first kappa shape index (κ1) is 16.1. The van der Waals surface area contributed by atoms with Gasteiger partial charge in [0.2, 0.25) is 0 Å². The molecule has 6 nitrogen and oxygen atoms in total. The summed E-state index contributed by atoms with van der Waals surface area (Å²) in [6.45, 7) is 4.44. The zero-order valence-electron chi connectivity index (χ0n) is 13.3. The number of benzene rings is 2. The summed E-state index contributed by atoms with van der Waals surface area (Å²) >= 11 is 0. The number of hydrogen-bond acceptors (Lipinski definition) is 5. The van der Waals surface area contributed by atoms with Crippen molar-refractivity contribution in [3.63, 3.8) is 0 Å². The summed E-state index contributed by atoms with van der Waals surface area (Å²) in [4.78, 5) is 26.0. The number of carbonyl (C=O) groups is 1. The van der Waals surface area contributed by atoms with Gasteiger partial charge in [-0.2, -0.15) is 0 Å². The van der Waals surface area contributed by atoms with Crippen LogP contribution in [0.15, 0.2) is 48.5 Å². The standard InChI is InChI=1S/C18H19N3O3/c22-14-16-12-17(6-7-18(16)21(23)24)20-10-8-19(9-11-20)13-15-4-2-1-3-5-15/h1-7,12,14H,8-11,13H2. The van der Waals surface area contributed by atoms with Crippen molar-refractivity contribution in [1.29, 1.82) is 0 Å². The quantitative estimate of drug-likeness (QED) is 0.480. The molecule has 2 aromatic rings. The van der Waals surface area contributed by atoms with E-state index >= 15 is 0 Å². The number of piperazine rings is 1. The molecule has 6 heteroatoms. The van der Waals surface area contributed by atoms with Gasteiger partial charge in [0.05, 0.1) is 10.5 Å². The Morgan fingerprint density at radius 3 is 2.38 bits per heavy atom. The van der Waals surface area contributed by atoms with E-state index in [4.69, 9.17) is 0 Å². The molecule has 1 aliphatic heterocycles. The summed E-state index contributed by atoms with van der Waals surface area (Å²) in [5, 5.41) is 10.9. The lowest BCUT2D eigenvalue weighted by Gasteiger charge is -2.36. The maximum Gasteiger partial charge on any atom is 0.280 e. The van der Waals surface area contributed by atoms with E-state index < -0.39 is 4.92 Å². The van der Waals surface area contributed by atoms with Crippen LogP contribution in [0.4, 0.5) is 11.4 Å². The zero-order chi connectivity index (χ0) is 16.9. The highest BCUT2D eigenvalue weighted by Crippen LogP contribution is 2.25. The van der Waals surface area contributed by atoms with Gasteiger partial charge in [0.1, 0.15) is 0 Å². The van der Waals surface area contributed by atoms with Crippen LogP contribution in [0.25, 0.3) is 0 Å². The fourth-order valence-corrected chi connectivity index (χ4v) is 3.01. The first-order chi connectivity index (χ1) is 11.7. The van der Waals surface area contributed by atoms with Gasteiger partial charge in [0.15, 0.2) is 6.29 Å². The molecule has 0 saturated carbocycles. The van der Waals surface area contributed by atoms with Crippen molar-refractivity contribution in [2.45, 2.75) is 6.54 Å². The number of nitro benzene ring substituents is 1. The second kappa shape index (κ2) is 7.23. The molecule has 2 aromatic carbocycles. The molecule has 0 aliphatic carbocycles. The number of aldehydes is 1. The van der Waals surface area contributed by atoms with Crippen LogP contribution < -0.4 is 4.90 Å². The Labute approximate surface area is 140 Å². The molecule has 24 heavy (non-hydrogen) atoms. The minimum atomic E-state index is -0.523. The summed E-state index contributed by atoms with van der Waals surface area (Å²) in [7, 11) is 0. The molecule has 0 amide bonds. The maximum atomic E-state index is 11.1. The van der Waals surface area contributed by atoms with Gasteiger partial charge < -0.3 is 4.90 Å². The average molecular weight is 325 g/mol. The van der Waals surface area contributed by atoms with Gasteiger partial charge in [-0.3, -0.25) is 19.8 Å². The molecule has 0 N–H and O–H groups in total. The molecule has 0 bridgehead atoms. The van der Waals surface area contributed by atoms with Crippen LogP contribution in [0, 0.1) is 10.1 Å². The molecule has 124 valence electrons. The van der Waals surface area contributed by atoms with Gasteiger partial charge in [-0.1, -0.05) is 30.3 Å². The van der Waals surface area contributed by atoms with Crippen LogP contribution in [0.2, 0.25) is 0 Å². The largest absolute Gasteiger partial charge is 0.369 e. The van der Waals surface area contributed by atoms with Crippen molar-refractivity contribution in [3.8, 4) is 0 Å². The third-order valence-electron chi connectivity index (χ3n) is 4.32. The minimum absolute atomic E-state index is 0.129. The molecular weight excluding hydrogens is 306 g/mol. The van der Waals surface area contributed by atoms with E-state index in [0.717, 1.165) is 38.4 Å². The number of hydrogen-bond donors (Lipinski definition) is 0. The number of nitro groups is 1. The van der Waals surface area contributed by atoms with Crippen LogP contribution in [0.5, 0.6) is 0 Å². The normalized spacial score (nSPS) is 15.2. The molecule has 3 rings (SSSR count). The fraction of sp³-hybridized carbons (Fsp3) is 0.278. The van der Waals surface area contributed by atoms with Crippen molar-refractivity contribution < 1.29 is 9.72 Å². The highest BCUT2D eigenvalue weighted by molar-refractivity contribution is 5.83. The van der Waals surface area contributed by atoms with Gasteiger partial charge in [-0.05, 0) is 17.7 Å². The maximum absolute atomic E-state index is 11.1. The van der Waals surface area contributed by atoms with E-state index in [9.17, 15) is 14.9 Å². The van der Waals surface area contributed by atoms with E-state index in [1.807, 2.05) is 18.2 Å². The van der Waals surface area contributed by atoms with E-state index in [2.05, 4.69) is 21.9 Å². The Balaban J connectivity index is 1.64. The van der Waals surface area contributed by atoms with Crippen molar-refractivity contribution in [1.82, 2.24) is 4.90 Å². The van der Waals surface area contributed by atoms with Crippen LogP contribution >= 0.6 is 0 Å². The summed E-state index contributed by atoms with van der Waals surface area (Å²) in [6, 6.07) is 15.1. The monoisotopic (exact) mass is 325 g/mol. The molecule has 0 spiro atoms. The second-order valence-electron chi connectivity index (χ2n) is 5.87. The van der Waals surface area contributed by atoms with E-state index in [1.165, 1.54) is 11.6 Å². The van der Waals surface area contributed by atoms with Crippen molar-refractivity contribution >= 4 is 17.7 Å². The Kier molecular flexibility index (Phi) is 4.86. The molecule has 1 fully saturated rings. The highest BCUT2D eigenvalue weighted by atomic mass is 16.6. The first-order valence-corrected chi connectivity index (χ1v) is 7.92. The lowest BCUT2D eigenvalue weighted by molar-refractivity contribution is -0.385. The Bertz CT molecular complexity index is 726. The second-order valence-corrected chi connectivity index (χ2v) is 5.87. The molecule has 0 aromatic heterocycles. The number of nitrogens with zero attached hydrogens (tertiary/aromatic N) is 3. The topological polar surface area (TPSA) is 66.7 Å². The number of carbonyl (C=O) groups excluding carboxylic acids is 1. The van der Waals surface area contributed by atoms with Crippen molar-refractivity contribution in [2.24, 2.45) is 0 Å². The van der Waals surface area contributed by atoms with E-state index in [0.29, 0.717) is 6.29 Å². The lowest BCUT2D eigenvalue weighted by atomic mass is 10.1. The fourth-order valence-electron chi connectivity index (χ4n) is 3.01. The zero-order valence-corrected chi connectivity index (χ0v) is 13.3. The van der Waals surface area contributed by atoms with E-state index in [-0.39, 0.29) is 11.3 Å². The Morgan fingerprint density at radius 2 is 1.75 bits per heavy atom. The number of rotatable bonds is 5. The summed E-state index contributed by atoms with van der Waals surface area (Å²) < 4.78 is 0. The third kappa shape index (κ3) is 3.60. The SMILES string of the molecule is O=Cc1cc(N2CCN(Cc3ccccc3)CC2)ccc1[N+](=O)[O-]. The van der Waals surface area contributed by atoms with Gasteiger partial charge in [-0.25, -0.2) is 0 Å². The van der Waals surface area contributed by atoms with Crippen molar-refractivity contribution in [2.75, 3.05) is 31.1 Å². The molecule has 0 radical (unpaired) electrons. The van der Waals surface area contributed by atoms with E-state index in [1.54, 1.807) is 12.1 Å². The Hall–Kier alpha value is -2.73. The summed E-state index contributed by atoms with van der Waals surface area (Å²) in [5.74, 6) is 0. The van der Waals surface area contributed by atoms with Crippen LogP contribution in [0.3, 0.4) is 0 Å². The predicted molar refractivity (Wildman–Crippen MR) is 92.4 cm³/mol. The highest BCUT2D eigenvalue weighted by Gasteiger charge is 2.20. The Morgan fingerprint density at radius 1 is 1.04 bits per heavy atom. The predicted octanol–water partition coefficient (Wildman–Crippen LogP) is 2.73. The van der Waals surface area contributed by atoms with Gasteiger partial charge >= 0.3 is 0 Å². The molecule has 1 aliphatic rings. The van der Waals surface area contributed by atoms with Gasteiger partial charge in [0, 0.05) is 44.5 Å². The minimum Gasteiger partial charge on any atom is -0.369 e. The average Bonchev–Trinajstić information content (AvgIpc) is 2.62. The van der Waals surface area contributed by atoms with Crippen LogP contribution in [-0.4, -0.2) is 42.3 Å². The van der Waals surface area contributed by atoms with Gasteiger partial charge in [0.25, 0.3) is 5.69 Å². The lowest BCUT2D eigenvalue weighted by Crippen LogP contribution is -2.46. The van der Waals surface area contributed by atoms with Crippen LogP contribution in [-0.2, 0) is 6.54 Å². The third-order valence-corrected chi connectivity index (χ3v) is 4.32. The van der Waals surface area contributed by atoms with Crippen molar-refractivity contribution in [3.05, 3.63) is 69.8 Å². The smallest absolute Gasteiger partial charge is 0.280 e. The molecule has 1 saturated heterocycles.